The second-order valence-corrected chi connectivity index (χ2v) is 10.5. The molecule has 30 heavy (non-hydrogen) atoms. The molecule has 0 N–H and O–H groups in total. The fourth-order valence-corrected chi connectivity index (χ4v) is 4.31. The molecule has 0 aromatic heterocycles. The monoisotopic (exact) mass is 483 g/mol. The van der Waals surface area contributed by atoms with Crippen LogP contribution in [0.2, 0.25) is 0 Å². The molecule has 0 aliphatic heterocycles. The van der Waals surface area contributed by atoms with Crippen LogP contribution in [0.5, 0.6) is 5.75 Å². The summed E-state index contributed by atoms with van der Waals surface area (Å²) >= 11 is 3.26. The topological polar surface area (TPSA) is 84.2 Å². The molecule has 0 unspecified atom stereocenters. The highest BCUT2D eigenvalue weighted by atomic mass is 79.9. The first kappa shape index (κ1) is 21.8. The van der Waals surface area contributed by atoms with Crippen LogP contribution in [0.1, 0.15) is 19.4 Å². The summed E-state index contributed by atoms with van der Waals surface area (Å²) in [5, 5.41) is 8.88. The maximum atomic E-state index is 12.9. The molecule has 3 aromatic carbocycles. The van der Waals surface area contributed by atoms with Crippen LogP contribution in [0.3, 0.4) is 0 Å². The predicted molar refractivity (Wildman–Crippen MR) is 118 cm³/mol. The average Bonchev–Trinajstić information content (AvgIpc) is 2.74. The van der Waals surface area contributed by atoms with Gasteiger partial charge in [0.2, 0.25) is 0 Å². The van der Waals surface area contributed by atoms with Gasteiger partial charge < -0.3 is 4.74 Å². The van der Waals surface area contributed by atoms with Crippen LogP contribution in [0.25, 0.3) is 11.1 Å². The number of hydrogen-bond acceptors (Lipinski definition) is 5. The van der Waals surface area contributed by atoms with Crippen LogP contribution < -0.4 is 4.74 Å². The maximum Gasteiger partial charge on any atom is 0.332 e. The Morgan fingerprint density at radius 1 is 0.900 bits per heavy atom. The summed E-state index contributed by atoms with van der Waals surface area (Å²) in [6.07, 6.45) is 0. The molecule has 0 aliphatic rings. The van der Waals surface area contributed by atoms with E-state index in [4.69, 9.17) is 10.00 Å². The lowest BCUT2D eigenvalue weighted by molar-refractivity contribution is -0.136. The minimum Gasteiger partial charge on any atom is -0.425 e. The van der Waals surface area contributed by atoms with Crippen molar-refractivity contribution in [2.45, 2.75) is 23.5 Å². The number of rotatable bonds is 5. The van der Waals surface area contributed by atoms with E-state index >= 15 is 0 Å². The highest BCUT2D eigenvalue weighted by molar-refractivity contribution is 9.10. The van der Waals surface area contributed by atoms with Gasteiger partial charge in [-0.05, 0) is 73.5 Å². The fourth-order valence-electron chi connectivity index (χ4n) is 2.70. The van der Waals surface area contributed by atoms with Crippen molar-refractivity contribution in [3.05, 3.63) is 82.8 Å². The SMILES string of the molecule is CC(C)(C(=O)Oc1ccc(-c2ccc(C#N)cc2)cc1)S(=O)(=O)c1ccc(Br)cc1. The van der Waals surface area contributed by atoms with Gasteiger partial charge in [0.15, 0.2) is 14.6 Å². The molecule has 0 radical (unpaired) electrons. The lowest BCUT2D eigenvalue weighted by Crippen LogP contribution is -2.43. The molecule has 3 aromatic rings. The Morgan fingerprint density at radius 2 is 1.40 bits per heavy atom. The highest BCUT2D eigenvalue weighted by Crippen LogP contribution is 2.29. The first-order valence-corrected chi connectivity index (χ1v) is 11.3. The Morgan fingerprint density at radius 3 is 1.90 bits per heavy atom. The quantitative estimate of drug-likeness (QED) is 0.370. The number of nitrogens with zero attached hydrogens (tertiary/aromatic N) is 1. The Balaban J connectivity index is 1.79. The zero-order valence-corrected chi connectivity index (χ0v) is 18.7. The van der Waals surface area contributed by atoms with Gasteiger partial charge in [0.1, 0.15) is 5.75 Å². The van der Waals surface area contributed by atoms with E-state index in [0.717, 1.165) is 15.6 Å². The standard InChI is InChI=1S/C23H18BrNO4S/c1-23(2,30(27,28)21-13-9-19(24)10-14-21)22(26)29-20-11-7-18(8-12-20)17-5-3-16(15-25)4-6-17/h3-14H,1-2H3. The zero-order valence-electron chi connectivity index (χ0n) is 16.3. The maximum absolute atomic E-state index is 12.9. The van der Waals surface area contributed by atoms with E-state index in [9.17, 15) is 13.2 Å². The highest BCUT2D eigenvalue weighted by Gasteiger charge is 2.44. The first-order valence-electron chi connectivity index (χ1n) is 8.98. The third kappa shape index (κ3) is 4.30. The number of benzene rings is 3. The second-order valence-electron chi connectivity index (χ2n) is 7.07. The lowest BCUT2D eigenvalue weighted by Gasteiger charge is -2.23. The van der Waals surface area contributed by atoms with E-state index in [0.29, 0.717) is 5.56 Å². The first-order chi connectivity index (χ1) is 14.1. The number of nitriles is 1. The molecule has 0 bridgehead atoms. The van der Waals surface area contributed by atoms with Crippen LogP contribution in [0.4, 0.5) is 0 Å². The van der Waals surface area contributed by atoms with Crippen LogP contribution in [-0.4, -0.2) is 19.1 Å². The van der Waals surface area contributed by atoms with Gasteiger partial charge in [0, 0.05) is 4.47 Å². The van der Waals surface area contributed by atoms with Gasteiger partial charge in [-0.3, -0.25) is 0 Å². The minimum atomic E-state index is -3.95. The summed E-state index contributed by atoms with van der Waals surface area (Å²) < 4.78 is 30.2. The molecule has 0 aliphatic carbocycles. The smallest absolute Gasteiger partial charge is 0.332 e. The predicted octanol–water partition coefficient (Wildman–Crippen LogP) is 5.15. The summed E-state index contributed by atoms with van der Waals surface area (Å²) in [5.74, 6) is -0.618. The molecule has 0 saturated carbocycles. The largest absolute Gasteiger partial charge is 0.425 e. The molecule has 0 amide bonds. The normalized spacial score (nSPS) is 11.5. The van der Waals surface area contributed by atoms with E-state index < -0.39 is 20.6 Å². The fraction of sp³-hybridized carbons (Fsp3) is 0.130. The van der Waals surface area contributed by atoms with Gasteiger partial charge >= 0.3 is 5.97 Å². The summed E-state index contributed by atoms with van der Waals surface area (Å²) in [5.41, 5.74) is 2.35. The number of carbonyl (C=O) groups excluding carboxylic acids is 1. The van der Waals surface area contributed by atoms with Crippen molar-refractivity contribution in [2.24, 2.45) is 0 Å². The van der Waals surface area contributed by atoms with Gasteiger partial charge in [-0.15, -0.1) is 0 Å². The minimum absolute atomic E-state index is 0.0452. The van der Waals surface area contributed by atoms with Crippen molar-refractivity contribution in [2.75, 3.05) is 0 Å². The molecule has 3 rings (SSSR count). The molecular weight excluding hydrogens is 466 g/mol. The third-order valence-corrected chi connectivity index (χ3v) is 7.63. The Hall–Kier alpha value is -2.95. The van der Waals surface area contributed by atoms with Gasteiger partial charge in [-0.1, -0.05) is 40.2 Å². The van der Waals surface area contributed by atoms with Crippen molar-refractivity contribution >= 4 is 31.7 Å². The second kappa shape index (κ2) is 8.42. The summed E-state index contributed by atoms with van der Waals surface area (Å²) in [6, 6.07) is 22.0. The van der Waals surface area contributed by atoms with Gasteiger partial charge in [-0.25, -0.2) is 13.2 Å². The number of ether oxygens (including phenoxy) is 1. The van der Waals surface area contributed by atoms with E-state index in [1.165, 1.54) is 26.0 Å². The summed E-state index contributed by atoms with van der Waals surface area (Å²) in [4.78, 5) is 12.8. The molecule has 7 heteroatoms. The van der Waals surface area contributed by atoms with E-state index in [1.807, 2.05) is 12.1 Å². The third-order valence-electron chi connectivity index (χ3n) is 4.70. The molecule has 0 spiro atoms. The lowest BCUT2D eigenvalue weighted by atomic mass is 10.0. The molecule has 5 nitrogen and oxygen atoms in total. The molecule has 0 atom stereocenters. The molecule has 0 fully saturated rings. The van der Waals surface area contributed by atoms with Crippen LogP contribution in [0.15, 0.2) is 82.2 Å². The number of hydrogen-bond donors (Lipinski definition) is 0. The average molecular weight is 484 g/mol. The van der Waals surface area contributed by atoms with Gasteiger partial charge in [0.05, 0.1) is 16.5 Å². The van der Waals surface area contributed by atoms with Crippen molar-refractivity contribution in [1.29, 1.82) is 5.26 Å². The summed E-state index contributed by atoms with van der Waals surface area (Å²) in [6.45, 7) is 2.66. The van der Waals surface area contributed by atoms with E-state index in [2.05, 4.69) is 22.0 Å². The number of carbonyl (C=O) groups is 1. The van der Waals surface area contributed by atoms with Crippen molar-refractivity contribution in [3.8, 4) is 22.9 Å². The Kier molecular flexibility index (Phi) is 6.11. The molecular formula is C23H18BrNO4S. The number of halogens is 1. The van der Waals surface area contributed by atoms with Crippen LogP contribution in [-0.2, 0) is 14.6 Å². The molecule has 0 heterocycles. The van der Waals surface area contributed by atoms with E-state index in [-0.39, 0.29) is 10.6 Å². The van der Waals surface area contributed by atoms with Crippen molar-refractivity contribution in [1.82, 2.24) is 0 Å². The molecule has 152 valence electrons. The van der Waals surface area contributed by atoms with Gasteiger partial charge in [0.25, 0.3) is 0 Å². The Labute approximate surface area is 184 Å². The number of sulfone groups is 1. The summed E-state index contributed by atoms with van der Waals surface area (Å²) in [7, 11) is -3.95. The zero-order chi connectivity index (χ0) is 21.9. The van der Waals surface area contributed by atoms with Crippen LogP contribution in [0, 0.1) is 11.3 Å². The Bertz CT molecular complexity index is 1210. The van der Waals surface area contributed by atoms with Crippen molar-refractivity contribution in [3.63, 3.8) is 0 Å². The van der Waals surface area contributed by atoms with Crippen molar-refractivity contribution < 1.29 is 17.9 Å². The number of esters is 1. The van der Waals surface area contributed by atoms with Gasteiger partial charge in [-0.2, -0.15) is 5.26 Å². The molecule has 0 saturated heterocycles. The van der Waals surface area contributed by atoms with Crippen LogP contribution >= 0.6 is 15.9 Å². The van der Waals surface area contributed by atoms with E-state index in [1.54, 1.807) is 48.5 Å².